The van der Waals surface area contributed by atoms with Gasteiger partial charge in [0.25, 0.3) is 0 Å². The molecule has 0 aliphatic carbocycles. The predicted octanol–water partition coefficient (Wildman–Crippen LogP) is 5.15. The fourth-order valence-electron chi connectivity index (χ4n) is 3.79. The summed E-state index contributed by atoms with van der Waals surface area (Å²) >= 11 is 12.2. The lowest BCUT2D eigenvalue weighted by atomic mass is 10.1. The minimum Gasteiger partial charge on any atom is -0.317 e. The third-order valence-corrected chi connectivity index (χ3v) is 6.24. The van der Waals surface area contributed by atoms with Crippen LogP contribution in [0.15, 0.2) is 54.2 Å². The van der Waals surface area contributed by atoms with E-state index in [4.69, 9.17) is 23.2 Å². The van der Waals surface area contributed by atoms with E-state index in [1.807, 2.05) is 29.2 Å². The van der Waals surface area contributed by atoms with Crippen LogP contribution in [0.3, 0.4) is 0 Å². The molecular weight excluding hydrogens is 438 g/mol. The van der Waals surface area contributed by atoms with Gasteiger partial charge in [-0.1, -0.05) is 23.2 Å². The number of piperidine rings is 1. The number of nitrogens with zero attached hydrogens (tertiary/aromatic N) is 5. The fraction of sp³-hybridized carbons (Fsp3) is 0.227. The van der Waals surface area contributed by atoms with Crippen molar-refractivity contribution in [3.05, 3.63) is 70.5 Å². The van der Waals surface area contributed by atoms with Gasteiger partial charge in [-0.3, -0.25) is 9.67 Å². The summed E-state index contributed by atoms with van der Waals surface area (Å²) in [6.45, 7) is 2.02. The van der Waals surface area contributed by atoms with E-state index >= 15 is 0 Å². The molecule has 0 amide bonds. The Labute approximate surface area is 188 Å². The topological polar surface area (TPSA) is 60.0 Å². The van der Waals surface area contributed by atoms with Crippen molar-refractivity contribution >= 4 is 40.4 Å². The Morgan fingerprint density at radius 1 is 1.13 bits per heavy atom. The summed E-state index contributed by atoms with van der Waals surface area (Å²) in [7, 11) is 0. The van der Waals surface area contributed by atoms with Crippen LogP contribution in [0.2, 0.25) is 10.0 Å². The molecule has 0 saturated carbocycles. The van der Waals surface area contributed by atoms with Crippen molar-refractivity contribution in [1.29, 1.82) is 0 Å². The molecule has 5 rings (SSSR count). The first-order valence-corrected chi connectivity index (χ1v) is 10.8. The summed E-state index contributed by atoms with van der Waals surface area (Å²) in [6, 6.07) is 6.98. The minimum atomic E-state index is -0.542. The first kappa shape index (κ1) is 20.2. The largest absolute Gasteiger partial charge is 0.317 e. The van der Waals surface area contributed by atoms with Gasteiger partial charge in [-0.15, -0.1) is 0 Å². The Morgan fingerprint density at radius 3 is 2.81 bits per heavy atom. The minimum absolute atomic E-state index is 0.0585. The Bertz CT molecular complexity index is 1270. The molecule has 0 atom stereocenters. The molecule has 31 heavy (non-hydrogen) atoms. The SMILES string of the molecule is Fc1ccc(Cl)c(/C=N/n2ccc3ncc(-c4cnn(C5CCNCC5)c4)cc32)c1Cl. The normalized spacial score (nSPS) is 15.3. The van der Waals surface area contributed by atoms with Gasteiger partial charge < -0.3 is 5.32 Å². The Morgan fingerprint density at radius 2 is 1.97 bits per heavy atom. The zero-order valence-corrected chi connectivity index (χ0v) is 18.0. The Balaban J connectivity index is 1.47. The highest BCUT2D eigenvalue weighted by molar-refractivity contribution is 6.38. The molecule has 0 bridgehead atoms. The van der Waals surface area contributed by atoms with E-state index in [0.29, 0.717) is 16.6 Å². The number of rotatable bonds is 4. The van der Waals surface area contributed by atoms with Gasteiger partial charge >= 0.3 is 0 Å². The number of hydrogen-bond donors (Lipinski definition) is 1. The summed E-state index contributed by atoms with van der Waals surface area (Å²) in [4.78, 5) is 4.55. The molecular formula is C22H19Cl2FN6. The van der Waals surface area contributed by atoms with Crippen LogP contribution >= 0.6 is 23.2 Å². The van der Waals surface area contributed by atoms with Gasteiger partial charge in [0, 0.05) is 35.3 Å². The maximum absolute atomic E-state index is 13.8. The quantitative estimate of drug-likeness (QED) is 0.341. The van der Waals surface area contributed by atoms with Gasteiger partial charge in [0.1, 0.15) is 5.82 Å². The molecule has 1 saturated heterocycles. The van der Waals surface area contributed by atoms with Crippen LogP contribution in [0.25, 0.3) is 22.2 Å². The van der Waals surface area contributed by atoms with Gasteiger partial charge in [-0.2, -0.15) is 10.2 Å². The van der Waals surface area contributed by atoms with Crippen molar-refractivity contribution in [2.75, 3.05) is 13.1 Å². The van der Waals surface area contributed by atoms with Crippen LogP contribution in [0.1, 0.15) is 24.4 Å². The summed E-state index contributed by atoms with van der Waals surface area (Å²) < 4.78 is 17.5. The highest BCUT2D eigenvalue weighted by Crippen LogP contribution is 2.27. The first-order chi connectivity index (χ1) is 15.1. The third-order valence-electron chi connectivity index (χ3n) is 5.53. The molecule has 0 unspecified atom stereocenters. The van der Waals surface area contributed by atoms with Gasteiger partial charge in [0.15, 0.2) is 0 Å². The highest BCUT2D eigenvalue weighted by Gasteiger charge is 2.16. The Kier molecular flexibility index (Phi) is 5.48. The van der Waals surface area contributed by atoms with Gasteiger partial charge in [-0.05, 0) is 50.2 Å². The first-order valence-electron chi connectivity index (χ1n) is 10.0. The van der Waals surface area contributed by atoms with Gasteiger partial charge in [-0.25, -0.2) is 9.07 Å². The molecule has 0 spiro atoms. The number of aromatic nitrogens is 4. The van der Waals surface area contributed by atoms with Crippen molar-refractivity contribution in [2.24, 2.45) is 5.10 Å². The van der Waals surface area contributed by atoms with E-state index in [1.54, 1.807) is 10.9 Å². The van der Waals surface area contributed by atoms with E-state index in [2.05, 4.69) is 26.7 Å². The second-order valence-electron chi connectivity index (χ2n) is 7.48. The lowest BCUT2D eigenvalue weighted by Gasteiger charge is -2.22. The summed E-state index contributed by atoms with van der Waals surface area (Å²) in [5.41, 5.74) is 3.89. The van der Waals surface area contributed by atoms with Crippen LogP contribution in [0, 0.1) is 5.82 Å². The lowest BCUT2D eigenvalue weighted by Crippen LogP contribution is -2.29. The molecule has 1 aliphatic heterocycles. The van der Waals surface area contributed by atoms with Gasteiger partial charge in [0.2, 0.25) is 0 Å². The summed E-state index contributed by atoms with van der Waals surface area (Å²) in [6.07, 6.45) is 11.2. The van der Waals surface area contributed by atoms with E-state index in [9.17, 15) is 4.39 Å². The predicted molar refractivity (Wildman–Crippen MR) is 122 cm³/mol. The van der Waals surface area contributed by atoms with Crippen molar-refractivity contribution in [3.63, 3.8) is 0 Å². The average molecular weight is 457 g/mol. The van der Waals surface area contributed by atoms with Crippen LogP contribution < -0.4 is 5.32 Å². The van der Waals surface area contributed by atoms with Crippen molar-refractivity contribution in [1.82, 2.24) is 24.8 Å². The molecule has 0 radical (unpaired) electrons. The summed E-state index contributed by atoms with van der Waals surface area (Å²) in [5.74, 6) is -0.542. The van der Waals surface area contributed by atoms with E-state index in [1.165, 1.54) is 18.3 Å². The maximum atomic E-state index is 13.8. The van der Waals surface area contributed by atoms with Crippen LogP contribution in [-0.2, 0) is 0 Å². The number of halogens is 3. The smallest absolute Gasteiger partial charge is 0.142 e. The molecule has 9 heteroatoms. The monoisotopic (exact) mass is 456 g/mol. The zero-order chi connectivity index (χ0) is 21.4. The molecule has 6 nitrogen and oxygen atoms in total. The molecule has 4 aromatic rings. The van der Waals surface area contributed by atoms with Crippen molar-refractivity contribution in [2.45, 2.75) is 18.9 Å². The summed E-state index contributed by atoms with van der Waals surface area (Å²) in [5, 5.41) is 12.6. The average Bonchev–Trinajstić information content (AvgIpc) is 3.44. The third kappa shape index (κ3) is 3.96. The number of benzene rings is 1. The number of hydrogen-bond acceptors (Lipinski definition) is 4. The Hall–Kier alpha value is -2.74. The molecule has 1 aromatic carbocycles. The van der Waals surface area contributed by atoms with Crippen LogP contribution in [0.5, 0.6) is 0 Å². The second kappa shape index (κ2) is 8.42. The molecule has 1 N–H and O–H groups in total. The number of nitrogens with one attached hydrogen (secondary N) is 1. The second-order valence-corrected chi connectivity index (χ2v) is 8.27. The fourth-order valence-corrected chi connectivity index (χ4v) is 4.26. The van der Waals surface area contributed by atoms with E-state index in [0.717, 1.165) is 48.1 Å². The highest BCUT2D eigenvalue weighted by atomic mass is 35.5. The lowest BCUT2D eigenvalue weighted by molar-refractivity contribution is 0.343. The number of pyridine rings is 1. The standard InChI is InChI=1S/C22H19Cl2FN6/c23-18-1-2-19(25)22(24)17(18)12-29-30-8-5-20-21(30)9-14(10-27-20)15-11-28-31(13-15)16-3-6-26-7-4-16/h1-2,5,8-13,16,26H,3-4,6-7H2/b29-12+. The molecule has 3 aromatic heterocycles. The van der Waals surface area contributed by atoms with Gasteiger partial charge in [0.05, 0.1) is 39.5 Å². The molecule has 4 heterocycles. The number of fused-ring (bicyclic) bond motifs is 1. The molecule has 1 fully saturated rings. The van der Waals surface area contributed by atoms with Crippen molar-refractivity contribution in [3.8, 4) is 11.1 Å². The van der Waals surface area contributed by atoms with Crippen LogP contribution in [0.4, 0.5) is 4.39 Å². The van der Waals surface area contributed by atoms with E-state index < -0.39 is 5.82 Å². The van der Waals surface area contributed by atoms with Crippen LogP contribution in [-0.4, -0.2) is 38.7 Å². The van der Waals surface area contributed by atoms with E-state index in [-0.39, 0.29) is 5.02 Å². The zero-order valence-electron chi connectivity index (χ0n) is 16.5. The van der Waals surface area contributed by atoms with Crippen molar-refractivity contribution < 1.29 is 4.39 Å². The molecule has 1 aliphatic rings. The molecule has 158 valence electrons. The maximum Gasteiger partial charge on any atom is 0.142 e.